The van der Waals surface area contributed by atoms with E-state index in [4.69, 9.17) is 10.5 Å². The maximum Gasteiger partial charge on any atom is 0.143 e. The largest absolute Gasteiger partial charge is 0.495 e. The number of hydrogen-bond acceptors (Lipinski definition) is 4. The Morgan fingerprint density at radius 2 is 2.12 bits per heavy atom. The van der Waals surface area contributed by atoms with Gasteiger partial charge in [-0.15, -0.1) is 0 Å². The van der Waals surface area contributed by atoms with E-state index in [2.05, 4.69) is 10.3 Å². The average molecular weight is 215 g/mol. The molecular weight excluding hydrogens is 202 g/mol. The molecule has 0 aliphatic rings. The smallest absolute Gasteiger partial charge is 0.143 e. The van der Waals surface area contributed by atoms with Gasteiger partial charge in [-0.1, -0.05) is 6.07 Å². The normalized spacial score (nSPS) is 9.81. The number of methoxy groups -OCH3 is 1. The third-order valence-corrected chi connectivity index (χ3v) is 2.17. The Morgan fingerprint density at radius 1 is 1.25 bits per heavy atom. The number of nitrogens with two attached hydrogens (primary N) is 1. The summed E-state index contributed by atoms with van der Waals surface area (Å²) in [5, 5.41) is 3.16. The van der Waals surface area contributed by atoms with Gasteiger partial charge in [0.25, 0.3) is 0 Å². The van der Waals surface area contributed by atoms with Crippen LogP contribution in [0.3, 0.4) is 0 Å². The maximum absolute atomic E-state index is 5.72. The molecule has 1 heterocycles. The number of nitrogens with one attached hydrogen (secondary N) is 1. The van der Waals surface area contributed by atoms with Crippen LogP contribution in [0.15, 0.2) is 42.6 Å². The highest BCUT2D eigenvalue weighted by Gasteiger charge is 2.01. The SMILES string of the molecule is COc1cc(Nc2ccccn2)ccc1N. The van der Waals surface area contributed by atoms with Gasteiger partial charge in [0.1, 0.15) is 11.6 Å². The Bertz CT molecular complexity index is 471. The van der Waals surface area contributed by atoms with Crippen molar-refractivity contribution >= 4 is 17.2 Å². The molecule has 0 unspecified atom stereocenters. The summed E-state index contributed by atoms with van der Waals surface area (Å²) in [6.45, 7) is 0. The Morgan fingerprint density at radius 3 is 2.81 bits per heavy atom. The predicted molar refractivity (Wildman–Crippen MR) is 64.9 cm³/mol. The van der Waals surface area contributed by atoms with Gasteiger partial charge >= 0.3 is 0 Å². The molecule has 1 aromatic heterocycles. The predicted octanol–water partition coefficient (Wildman–Crippen LogP) is 2.42. The van der Waals surface area contributed by atoms with Crippen LogP contribution in [0.25, 0.3) is 0 Å². The standard InChI is InChI=1S/C12H13N3O/c1-16-11-8-9(5-6-10(11)13)15-12-4-2-3-7-14-12/h2-8H,13H2,1H3,(H,14,15). The topological polar surface area (TPSA) is 60.2 Å². The summed E-state index contributed by atoms with van der Waals surface area (Å²) < 4.78 is 5.14. The molecule has 2 rings (SSSR count). The zero-order valence-corrected chi connectivity index (χ0v) is 8.97. The van der Waals surface area contributed by atoms with Crippen molar-refractivity contribution in [2.45, 2.75) is 0 Å². The van der Waals surface area contributed by atoms with E-state index >= 15 is 0 Å². The van der Waals surface area contributed by atoms with Crippen LogP contribution in [-0.2, 0) is 0 Å². The van der Waals surface area contributed by atoms with Crippen molar-refractivity contribution in [1.82, 2.24) is 4.98 Å². The maximum atomic E-state index is 5.72. The summed E-state index contributed by atoms with van der Waals surface area (Å²) in [7, 11) is 1.59. The van der Waals surface area contributed by atoms with Crippen molar-refractivity contribution in [1.29, 1.82) is 0 Å². The Labute approximate surface area is 94.1 Å². The van der Waals surface area contributed by atoms with Gasteiger partial charge in [-0.05, 0) is 24.3 Å². The molecule has 0 fully saturated rings. The van der Waals surface area contributed by atoms with Gasteiger partial charge in [0.05, 0.1) is 12.8 Å². The minimum Gasteiger partial charge on any atom is -0.495 e. The molecule has 0 radical (unpaired) electrons. The van der Waals surface area contributed by atoms with Gasteiger partial charge < -0.3 is 15.8 Å². The molecule has 2 aromatic rings. The molecule has 0 aliphatic heterocycles. The number of aromatic nitrogens is 1. The Kier molecular flexibility index (Phi) is 2.91. The highest BCUT2D eigenvalue weighted by atomic mass is 16.5. The van der Waals surface area contributed by atoms with Crippen molar-refractivity contribution in [3.63, 3.8) is 0 Å². The molecule has 0 atom stereocenters. The van der Waals surface area contributed by atoms with Crippen molar-refractivity contribution in [2.24, 2.45) is 0 Å². The summed E-state index contributed by atoms with van der Waals surface area (Å²) >= 11 is 0. The molecular formula is C12H13N3O. The summed E-state index contributed by atoms with van der Waals surface area (Å²) in [5.41, 5.74) is 7.24. The first kappa shape index (κ1) is 10.3. The second-order valence-corrected chi connectivity index (χ2v) is 3.30. The number of ether oxygens (including phenoxy) is 1. The summed E-state index contributed by atoms with van der Waals surface area (Å²) in [6, 6.07) is 11.2. The third kappa shape index (κ3) is 2.23. The van der Waals surface area contributed by atoms with Crippen molar-refractivity contribution in [3.05, 3.63) is 42.6 Å². The van der Waals surface area contributed by atoms with Crippen molar-refractivity contribution in [2.75, 3.05) is 18.2 Å². The number of anilines is 3. The van der Waals surface area contributed by atoms with Gasteiger partial charge in [0, 0.05) is 18.0 Å². The molecule has 0 aliphatic carbocycles. The summed E-state index contributed by atoms with van der Waals surface area (Å²) in [6.07, 6.45) is 1.73. The molecule has 0 bridgehead atoms. The first-order valence-corrected chi connectivity index (χ1v) is 4.91. The summed E-state index contributed by atoms with van der Waals surface area (Å²) in [4.78, 5) is 4.17. The average Bonchev–Trinajstić information content (AvgIpc) is 2.33. The lowest BCUT2D eigenvalue weighted by atomic mass is 10.2. The lowest BCUT2D eigenvalue weighted by Crippen LogP contribution is -1.96. The minimum atomic E-state index is 0.620. The molecule has 3 N–H and O–H groups in total. The van der Waals surface area contributed by atoms with Crippen LogP contribution < -0.4 is 15.8 Å². The molecule has 0 saturated heterocycles. The summed E-state index contributed by atoms with van der Waals surface area (Å²) in [5.74, 6) is 1.44. The quantitative estimate of drug-likeness (QED) is 0.772. The highest BCUT2D eigenvalue weighted by Crippen LogP contribution is 2.26. The Hall–Kier alpha value is -2.23. The van der Waals surface area contributed by atoms with Gasteiger partial charge in [0.15, 0.2) is 0 Å². The fraction of sp³-hybridized carbons (Fsp3) is 0.0833. The Balaban J connectivity index is 2.22. The highest BCUT2D eigenvalue weighted by molar-refractivity contribution is 5.65. The number of pyridine rings is 1. The second kappa shape index (κ2) is 4.53. The molecule has 82 valence electrons. The fourth-order valence-corrected chi connectivity index (χ4v) is 1.37. The molecule has 0 saturated carbocycles. The molecule has 0 amide bonds. The lowest BCUT2D eigenvalue weighted by Gasteiger charge is -2.08. The van der Waals surface area contributed by atoms with Crippen LogP contribution in [0.1, 0.15) is 0 Å². The second-order valence-electron chi connectivity index (χ2n) is 3.30. The van der Waals surface area contributed by atoms with E-state index in [0.717, 1.165) is 11.5 Å². The minimum absolute atomic E-state index is 0.620. The number of rotatable bonds is 3. The number of hydrogen-bond donors (Lipinski definition) is 2. The van der Waals surface area contributed by atoms with Crippen molar-refractivity contribution < 1.29 is 4.74 Å². The first-order valence-electron chi connectivity index (χ1n) is 4.91. The first-order chi connectivity index (χ1) is 7.79. The molecule has 1 aromatic carbocycles. The molecule has 16 heavy (non-hydrogen) atoms. The van der Waals surface area contributed by atoms with Crippen molar-refractivity contribution in [3.8, 4) is 5.75 Å². The van der Waals surface area contributed by atoms with Crippen LogP contribution in [0.2, 0.25) is 0 Å². The zero-order chi connectivity index (χ0) is 11.4. The van der Waals surface area contributed by atoms with Crippen LogP contribution in [0, 0.1) is 0 Å². The van der Waals surface area contributed by atoms with E-state index in [1.165, 1.54) is 0 Å². The number of nitrogens with zero attached hydrogens (tertiary/aromatic N) is 1. The van der Waals surface area contributed by atoms with Crippen LogP contribution >= 0.6 is 0 Å². The van der Waals surface area contributed by atoms with E-state index in [1.54, 1.807) is 19.4 Å². The number of nitrogen functional groups attached to an aromatic ring is 1. The van der Waals surface area contributed by atoms with E-state index in [1.807, 2.05) is 30.3 Å². The molecule has 0 spiro atoms. The van der Waals surface area contributed by atoms with Gasteiger partial charge in [-0.3, -0.25) is 0 Å². The number of benzene rings is 1. The van der Waals surface area contributed by atoms with Crippen LogP contribution in [0.5, 0.6) is 5.75 Å². The van der Waals surface area contributed by atoms with E-state index in [9.17, 15) is 0 Å². The zero-order valence-electron chi connectivity index (χ0n) is 8.97. The third-order valence-electron chi connectivity index (χ3n) is 2.17. The van der Waals surface area contributed by atoms with E-state index in [0.29, 0.717) is 11.4 Å². The fourth-order valence-electron chi connectivity index (χ4n) is 1.37. The van der Waals surface area contributed by atoms with Gasteiger partial charge in [-0.2, -0.15) is 0 Å². The lowest BCUT2D eigenvalue weighted by molar-refractivity contribution is 0.417. The van der Waals surface area contributed by atoms with Crippen LogP contribution in [0.4, 0.5) is 17.2 Å². The monoisotopic (exact) mass is 215 g/mol. The van der Waals surface area contributed by atoms with Crippen LogP contribution in [-0.4, -0.2) is 12.1 Å². The molecule has 4 nitrogen and oxygen atoms in total. The van der Waals surface area contributed by atoms with E-state index < -0.39 is 0 Å². The van der Waals surface area contributed by atoms with Gasteiger partial charge in [0.2, 0.25) is 0 Å². The van der Waals surface area contributed by atoms with E-state index in [-0.39, 0.29) is 0 Å². The van der Waals surface area contributed by atoms with Gasteiger partial charge in [-0.25, -0.2) is 4.98 Å². The molecule has 4 heteroatoms.